The van der Waals surface area contributed by atoms with Crippen molar-refractivity contribution in [3.63, 3.8) is 0 Å². The minimum Gasteiger partial charge on any atom is -0.493 e. The van der Waals surface area contributed by atoms with Crippen molar-refractivity contribution in [1.82, 2.24) is 4.98 Å². The Morgan fingerprint density at radius 2 is 1.72 bits per heavy atom. The van der Waals surface area contributed by atoms with Crippen molar-refractivity contribution in [2.75, 3.05) is 14.2 Å². The lowest BCUT2D eigenvalue weighted by Crippen LogP contribution is -2.02. The van der Waals surface area contributed by atoms with E-state index in [4.69, 9.17) is 9.47 Å². The van der Waals surface area contributed by atoms with E-state index in [9.17, 15) is 18.7 Å². The van der Waals surface area contributed by atoms with Crippen LogP contribution in [-0.2, 0) is 0 Å². The van der Waals surface area contributed by atoms with Crippen molar-refractivity contribution in [3.05, 3.63) is 53.6 Å². The van der Waals surface area contributed by atoms with E-state index < -0.39 is 17.6 Å². The molecular weight excluding hydrogens is 332 g/mol. The molecule has 1 aromatic heterocycles. The second-order valence-electron chi connectivity index (χ2n) is 5.21. The van der Waals surface area contributed by atoms with Gasteiger partial charge in [0, 0.05) is 23.1 Å². The Hall–Kier alpha value is -3.22. The van der Waals surface area contributed by atoms with Gasteiger partial charge in [-0.15, -0.1) is 0 Å². The van der Waals surface area contributed by atoms with Gasteiger partial charge in [0.25, 0.3) is 0 Å². The number of carboxylic acids is 1. The molecule has 0 saturated carbocycles. The Morgan fingerprint density at radius 3 is 2.32 bits per heavy atom. The molecule has 5 nitrogen and oxygen atoms in total. The first-order valence-corrected chi connectivity index (χ1v) is 7.20. The van der Waals surface area contributed by atoms with Crippen molar-refractivity contribution < 1.29 is 28.2 Å². The van der Waals surface area contributed by atoms with Crippen LogP contribution in [0.3, 0.4) is 0 Å². The molecule has 0 unspecified atom stereocenters. The standard InChI is InChI=1S/C18H13F2NO4/c1-24-16-7-11-12(18(22)23)6-14(21-15(11)8-17(16)25-2)10-4-3-9(19)5-13(10)20/h3-8H,1-2H3,(H,22,23). The summed E-state index contributed by atoms with van der Waals surface area (Å²) in [7, 11) is 2.87. The quantitative estimate of drug-likeness (QED) is 0.777. The van der Waals surface area contributed by atoms with Crippen LogP contribution in [0.25, 0.3) is 22.2 Å². The number of benzene rings is 2. The first-order chi connectivity index (χ1) is 11.9. The summed E-state index contributed by atoms with van der Waals surface area (Å²) < 4.78 is 37.6. The monoisotopic (exact) mass is 345 g/mol. The number of pyridine rings is 1. The molecule has 0 aliphatic heterocycles. The topological polar surface area (TPSA) is 68.7 Å². The molecule has 128 valence electrons. The first-order valence-electron chi connectivity index (χ1n) is 7.20. The zero-order valence-electron chi connectivity index (χ0n) is 13.3. The number of aromatic carboxylic acids is 1. The van der Waals surface area contributed by atoms with Crippen LogP contribution in [0.15, 0.2) is 36.4 Å². The minimum absolute atomic E-state index is 0.000542. The summed E-state index contributed by atoms with van der Waals surface area (Å²) in [5.41, 5.74) is 0.288. The number of rotatable bonds is 4. The van der Waals surface area contributed by atoms with Crippen LogP contribution in [0.1, 0.15) is 10.4 Å². The van der Waals surface area contributed by atoms with Gasteiger partial charge < -0.3 is 14.6 Å². The van der Waals surface area contributed by atoms with Gasteiger partial charge in [0.1, 0.15) is 11.6 Å². The fraction of sp³-hybridized carbons (Fsp3) is 0.111. The molecule has 0 atom stereocenters. The fourth-order valence-corrected chi connectivity index (χ4v) is 2.57. The van der Waals surface area contributed by atoms with Gasteiger partial charge in [0.15, 0.2) is 11.5 Å². The molecule has 0 spiro atoms. The summed E-state index contributed by atoms with van der Waals surface area (Å²) in [5, 5.41) is 9.82. The van der Waals surface area contributed by atoms with Gasteiger partial charge in [-0.3, -0.25) is 0 Å². The number of hydrogen-bond acceptors (Lipinski definition) is 4. The molecule has 3 aromatic rings. The SMILES string of the molecule is COc1cc2nc(-c3ccc(F)cc3F)cc(C(=O)O)c2cc1OC. The molecular formula is C18H13F2NO4. The minimum atomic E-state index is -1.21. The van der Waals surface area contributed by atoms with E-state index in [0.717, 1.165) is 12.1 Å². The third-order valence-corrected chi connectivity index (χ3v) is 3.75. The van der Waals surface area contributed by atoms with Crippen LogP contribution in [0.4, 0.5) is 8.78 Å². The van der Waals surface area contributed by atoms with Gasteiger partial charge in [0.2, 0.25) is 0 Å². The number of hydrogen-bond donors (Lipinski definition) is 1. The van der Waals surface area contributed by atoms with E-state index in [0.29, 0.717) is 16.9 Å². The van der Waals surface area contributed by atoms with Gasteiger partial charge >= 0.3 is 5.97 Å². The Kier molecular flexibility index (Phi) is 4.22. The van der Waals surface area contributed by atoms with E-state index in [-0.39, 0.29) is 22.3 Å². The second-order valence-corrected chi connectivity index (χ2v) is 5.21. The number of fused-ring (bicyclic) bond motifs is 1. The fourth-order valence-electron chi connectivity index (χ4n) is 2.57. The first kappa shape index (κ1) is 16.6. The molecule has 25 heavy (non-hydrogen) atoms. The summed E-state index contributed by atoms with van der Waals surface area (Å²) in [6.45, 7) is 0. The Labute approximate surface area is 141 Å². The number of nitrogens with zero attached hydrogens (tertiary/aromatic N) is 1. The van der Waals surface area contributed by atoms with Crippen molar-refractivity contribution in [2.24, 2.45) is 0 Å². The van der Waals surface area contributed by atoms with E-state index in [1.54, 1.807) is 0 Å². The average Bonchev–Trinajstić information content (AvgIpc) is 2.59. The van der Waals surface area contributed by atoms with Gasteiger partial charge in [-0.25, -0.2) is 18.6 Å². The number of aromatic nitrogens is 1. The third kappa shape index (κ3) is 2.96. The van der Waals surface area contributed by atoms with Crippen LogP contribution < -0.4 is 9.47 Å². The normalized spacial score (nSPS) is 10.7. The lowest BCUT2D eigenvalue weighted by Gasteiger charge is -2.12. The number of carbonyl (C=O) groups is 1. The predicted octanol–water partition coefficient (Wildman–Crippen LogP) is 3.90. The molecule has 1 heterocycles. The summed E-state index contributed by atoms with van der Waals surface area (Å²) in [5.74, 6) is -2.06. The highest BCUT2D eigenvalue weighted by Crippen LogP contribution is 2.35. The number of halogens is 2. The van der Waals surface area contributed by atoms with Crippen molar-refractivity contribution in [2.45, 2.75) is 0 Å². The van der Waals surface area contributed by atoms with Gasteiger partial charge in [-0.05, 0) is 24.3 Å². The Balaban J connectivity index is 2.33. The number of ether oxygens (including phenoxy) is 2. The highest BCUT2D eigenvalue weighted by Gasteiger charge is 2.18. The third-order valence-electron chi connectivity index (χ3n) is 3.75. The molecule has 0 fully saturated rings. The predicted molar refractivity (Wildman–Crippen MR) is 87.2 cm³/mol. The lowest BCUT2D eigenvalue weighted by molar-refractivity contribution is 0.0699. The largest absolute Gasteiger partial charge is 0.493 e. The van der Waals surface area contributed by atoms with Gasteiger partial charge in [-0.1, -0.05) is 0 Å². The summed E-state index contributed by atoms with van der Waals surface area (Å²) in [6, 6.07) is 7.26. The molecule has 0 bridgehead atoms. The average molecular weight is 345 g/mol. The summed E-state index contributed by atoms with van der Waals surface area (Å²) in [4.78, 5) is 15.9. The van der Waals surface area contributed by atoms with Crippen LogP contribution in [0.2, 0.25) is 0 Å². The van der Waals surface area contributed by atoms with E-state index in [1.165, 1.54) is 38.5 Å². The molecule has 3 rings (SSSR count). The van der Waals surface area contributed by atoms with Crippen LogP contribution in [0.5, 0.6) is 11.5 Å². The number of methoxy groups -OCH3 is 2. The van der Waals surface area contributed by atoms with Crippen molar-refractivity contribution in [1.29, 1.82) is 0 Å². The maximum atomic E-state index is 14.1. The van der Waals surface area contributed by atoms with Crippen LogP contribution >= 0.6 is 0 Å². The van der Waals surface area contributed by atoms with Gasteiger partial charge in [-0.2, -0.15) is 0 Å². The highest BCUT2D eigenvalue weighted by molar-refractivity contribution is 6.04. The maximum absolute atomic E-state index is 14.1. The zero-order chi connectivity index (χ0) is 18.1. The molecule has 0 amide bonds. The molecule has 0 radical (unpaired) electrons. The highest BCUT2D eigenvalue weighted by atomic mass is 19.1. The molecule has 0 aliphatic carbocycles. The Bertz CT molecular complexity index is 988. The maximum Gasteiger partial charge on any atom is 0.336 e. The second kappa shape index (κ2) is 6.35. The van der Waals surface area contributed by atoms with E-state index in [1.807, 2.05) is 0 Å². The summed E-state index contributed by atoms with van der Waals surface area (Å²) in [6.07, 6.45) is 0. The smallest absolute Gasteiger partial charge is 0.336 e. The van der Waals surface area contributed by atoms with Crippen LogP contribution in [-0.4, -0.2) is 30.3 Å². The molecule has 1 N–H and O–H groups in total. The molecule has 7 heteroatoms. The zero-order valence-corrected chi connectivity index (χ0v) is 13.3. The molecule has 2 aromatic carbocycles. The van der Waals surface area contributed by atoms with Crippen LogP contribution in [0, 0.1) is 11.6 Å². The molecule has 0 aliphatic rings. The number of carboxylic acid groups (broad SMARTS) is 1. The lowest BCUT2D eigenvalue weighted by atomic mass is 10.0. The Morgan fingerprint density at radius 1 is 1.04 bits per heavy atom. The molecule has 0 saturated heterocycles. The van der Waals surface area contributed by atoms with Crippen molar-refractivity contribution >= 4 is 16.9 Å². The summed E-state index contributed by atoms with van der Waals surface area (Å²) >= 11 is 0. The van der Waals surface area contributed by atoms with E-state index in [2.05, 4.69) is 4.98 Å². The van der Waals surface area contributed by atoms with Crippen molar-refractivity contribution in [3.8, 4) is 22.8 Å². The van der Waals surface area contributed by atoms with Gasteiger partial charge in [0.05, 0.1) is 31.0 Å². The van der Waals surface area contributed by atoms with E-state index >= 15 is 0 Å².